The lowest BCUT2D eigenvalue weighted by Crippen LogP contribution is -2.30. The molecule has 6 nitrogen and oxygen atoms in total. The van der Waals surface area contributed by atoms with Gasteiger partial charge in [-0.15, -0.1) is 0 Å². The molecule has 0 aliphatic heterocycles. The lowest BCUT2D eigenvalue weighted by Gasteiger charge is -2.18. The second-order valence-corrected chi connectivity index (χ2v) is 19.8. The lowest BCUT2D eigenvalue weighted by atomic mass is 10.1. The maximum Gasteiger partial charge on any atom is 0.306 e. The van der Waals surface area contributed by atoms with E-state index in [-0.39, 0.29) is 44.0 Å². The zero-order valence-corrected chi connectivity index (χ0v) is 51.2. The maximum absolute atomic E-state index is 12.9. The summed E-state index contributed by atoms with van der Waals surface area (Å²) in [4.78, 5) is 38.2. The average molecular weight is 1110 g/mol. The lowest BCUT2D eigenvalue weighted by molar-refractivity contribution is -0.166. The van der Waals surface area contributed by atoms with Gasteiger partial charge in [0, 0.05) is 19.3 Å². The van der Waals surface area contributed by atoms with Gasteiger partial charge in [-0.1, -0.05) is 259 Å². The highest BCUT2D eigenvalue weighted by atomic mass is 16.6. The van der Waals surface area contributed by atoms with E-state index >= 15 is 0 Å². The maximum atomic E-state index is 12.9. The number of ether oxygens (including phenoxy) is 3. The first-order valence-electron chi connectivity index (χ1n) is 31.6. The summed E-state index contributed by atoms with van der Waals surface area (Å²) in [5, 5.41) is 0. The molecule has 0 aliphatic carbocycles. The minimum atomic E-state index is -0.845. The summed E-state index contributed by atoms with van der Waals surface area (Å²) in [6.45, 7) is 6.17. The normalized spacial score (nSPS) is 13.6. The average Bonchev–Trinajstić information content (AvgIpc) is 3.46. The third-order valence-corrected chi connectivity index (χ3v) is 12.3. The smallest absolute Gasteiger partial charge is 0.306 e. The molecule has 6 heteroatoms. The van der Waals surface area contributed by atoms with E-state index in [1.807, 2.05) is 12.2 Å². The quantitative estimate of drug-likeness (QED) is 0.0261. The molecule has 0 aromatic heterocycles. The van der Waals surface area contributed by atoms with Crippen molar-refractivity contribution in [2.45, 2.75) is 232 Å². The van der Waals surface area contributed by atoms with Crippen LogP contribution in [0.3, 0.4) is 0 Å². The molecule has 0 spiro atoms. The predicted molar refractivity (Wildman–Crippen MR) is 352 cm³/mol. The van der Waals surface area contributed by atoms with Crippen LogP contribution in [0.25, 0.3) is 0 Å². The van der Waals surface area contributed by atoms with Gasteiger partial charge in [0.15, 0.2) is 6.10 Å². The highest BCUT2D eigenvalue weighted by molar-refractivity contribution is 5.71. The first kappa shape index (κ1) is 75.0. The molecule has 0 saturated heterocycles. The second kappa shape index (κ2) is 66.5. The standard InChI is InChI=1S/C75H112O6/c1-4-7-10-13-16-19-22-25-27-29-31-32-33-34-35-36-37-38-39-40-41-42-44-45-47-50-53-56-59-62-65-68-74(77)80-71-72(70-79-73(76)67-64-61-58-55-52-49-24-21-18-15-12-9-6-3)81-75(78)69-66-63-60-57-54-51-48-46-43-30-28-26-23-20-17-14-11-8-5-2/h7-12,16-21,25-28,31-32,34-35,37-38,40-41,43-46,49,51-52,54,58,61,72H,4-6,13-15,22-24,29-30,33,36,39,42,47-48,50,53,55-57,59-60,62-71H2,1-3H3/b10-7-,11-8-,12-9-,19-16-,20-17-,21-18-,27-25-,28-26-,32-31-,35-34-,38-37-,41-40-,45-44-,46-43-,52-49-,54-51-,61-58-. The summed E-state index contributed by atoms with van der Waals surface area (Å²) >= 11 is 0. The first-order valence-corrected chi connectivity index (χ1v) is 31.6. The monoisotopic (exact) mass is 1110 g/mol. The van der Waals surface area contributed by atoms with Crippen LogP contribution in [0.1, 0.15) is 226 Å². The van der Waals surface area contributed by atoms with Gasteiger partial charge in [0.05, 0.1) is 0 Å². The van der Waals surface area contributed by atoms with Crippen LogP contribution < -0.4 is 0 Å². The second-order valence-electron chi connectivity index (χ2n) is 19.8. The third-order valence-electron chi connectivity index (χ3n) is 12.3. The van der Waals surface area contributed by atoms with Gasteiger partial charge < -0.3 is 14.2 Å². The molecule has 1 atom stereocenters. The number of rotatable bonds is 54. The van der Waals surface area contributed by atoms with Crippen molar-refractivity contribution >= 4 is 17.9 Å². The topological polar surface area (TPSA) is 78.9 Å². The molecule has 0 radical (unpaired) electrons. The Kier molecular flexibility index (Phi) is 61.6. The molecule has 0 heterocycles. The summed E-state index contributed by atoms with van der Waals surface area (Å²) < 4.78 is 16.8. The van der Waals surface area contributed by atoms with Crippen molar-refractivity contribution in [2.24, 2.45) is 0 Å². The molecule has 0 bridgehead atoms. The molecule has 448 valence electrons. The number of hydrogen-bond acceptors (Lipinski definition) is 6. The van der Waals surface area contributed by atoms with Gasteiger partial charge in [-0.2, -0.15) is 0 Å². The van der Waals surface area contributed by atoms with E-state index in [1.54, 1.807) is 0 Å². The molecule has 0 aliphatic rings. The zero-order valence-electron chi connectivity index (χ0n) is 51.2. The Labute approximate surface area is 496 Å². The molecule has 0 amide bonds. The number of allylic oxidation sites excluding steroid dienone is 34. The van der Waals surface area contributed by atoms with Crippen LogP contribution in [0.15, 0.2) is 207 Å². The van der Waals surface area contributed by atoms with Gasteiger partial charge in [0.25, 0.3) is 0 Å². The zero-order chi connectivity index (χ0) is 58.5. The summed E-state index contributed by atoms with van der Waals surface area (Å²) in [5.41, 5.74) is 0. The Hall–Kier alpha value is -6.01. The van der Waals surface area contributed by atoms with E-state index in [9.17, 15) is 14.4 Å². The highest BCUT2D eigenvalue weighted by Gasteiger charge is 2.19. The van der Waals surface area contributed by atoms with Crippen LogP contribution >= 0.6 is 0 Å². The number of hydrogen-bond donors (Lipinski definition) is 0. The van der Waals surface area contributed by atoms with Crippen molar-refractivity contribution < 1.29 is 28.6 Å². The molecule has 0 fully saturated rings. The van der Waals surface area contributed by atoms with Crippen molar-refractivity contribution in [3.05, 3.63) is 207 Å². The van der Waals surface area contributed by atoms with Gasteiger partial charge in [0.2, 0.25) is 0 Å². The van der Waals surface area contributed by atoms with E-state index < -0.39 is 6.10 Å². The number of esters is 3. The minimum Gasteiger partial charge on any atom is -0.462 e. The van der Waals surface area contributed by atoms with Crippen molar-refractivity contribution in [1.82, 2.24) is 0 Å². The molecular weight excluding hydrogens is 997 g/mol. The molecule has 0 aromatic rings. The van der Waals surface area contributed by atoms with E-state index in [0.717, 1.165) is 161 Å². The van der Waals surface area contributed by atoms with E-state index in [1.165, 1.54) is 12.8 Å². The van der Waals surface area contributed by atoms with Crippen LogP contribution in [0, 0.1) is 0 Å². The molecule has 1 unspecified atom stereocenters. The largest absolute Gasteiger partial charge is 0.462 e. The third kappa shape index (κ3) is 64.7. The number of unbranched alkanes of at least 4 members (excludes halogenated alkanes) is 9. The predicted octanol–water partition coefficient (Wildman–Crippen LogP) is 22.0. The van der Waals surface area contributed by atoms with Crippen LogP contribution in [0.2, 0.25) is 0 Å². The number of carbonyl (C=O) groups is 3. The Balaban J connectivity index is 4.47. The Morgan fingerprint density at radius 3 is 0.778 bits per heavy atom. The van der Waals surface area contributed by atoms with Crippen molar-refractivity contribution in [2.75, 3.05) is 13.2 Å². The first-order chi connectivity index (χ1) is 40.0. The van der Waals surface area contributed by atoms with Gasteiger partial charge in [-0.05, 0) is 154 Å². The van der Waals surface area contributed by atoms with Crippen molar-refractivity contribution in [3.8, 4) is 0 Å². The van der Waals surface area contributed by atoms with Gasteiger partial charge >= 0.3 is 17.9 Å². The van der Waals surface area contributed by atoms with Crippen LogP contribution in [0.4, 0.5) is 0 Å². The molecule has 81 heavy (non-hydrogen) atoms. The summed E-state index contributed by atoms with van der Waals surface area (Å²) in [6, 6.07) is 0. The van der Waals surface area contributed by atoms with Crippen molar-refractivity contribution in [1.29, 1.82) is 0 Å². The molecule has 0 saturated carbocycles. The Morgan fingerprint density at radius 2 is 0.469 bits per heavy atom. The Bertz CT molecular complexity index is 2000. The number of carbonyl (C=O) groups excluding carboxylic acids is 3. The molecular formula is C75H112O6. The van der Waals surface area contributed by atoms with Crippen LogP contribution in [0.5, 0.6) is 0 Å². The summed E-state index contributed by atoms with van der Waals surface area (Å²) in [6.07, 6.45) is 103. The van der Waals surface area contributed by atoms with Gasteiger partial charge in [-0.25, -0.2) is 0 Å². The van der Waals surface area contributed by atoms with E-state index in [4.69, 9.17) is 14.2 Å². The SMILES string of the molecule is CC/C=C\C/C=C\C/C=C\C/C=C\C/C=C\C/C=C\C/C=C\C/C=C\CCCCCCCCC(=O)OCC(COC(=O)CC/C=C\C/C=C\C/C=C\C/C=C\CC)OC(=O)CCCCC/C=C\C/C=C\C/C=C\C/C=C\C/C=C\CC. The van der Waals surface area contributed by atoms with Crippen molar-refractivity contribution in [3.63, 3.8) is 0 Å². The van der Waals surface area contributed by atoms with E-state index in [2.05, 4.69) is 215 Å². The van der Waals surface area contributed by atoms with Crippen LogP contribution in [-0.2, 0) is 28.6 Å². The van der Waals surface area contributed by atoms with Crippen LogP contribution in [-0.4, -0.2) is 37.2 Å². The molecule has 0 rings (SSSR count). The summed E-state index contributed by atoms with van der Waals surface area (Å²) in [5.74, 6) is -1.08. The molecule has 0 aromatic carbocycles. The highest BCUT2D eigenvalue weighted by Crippen LogP contribution is 2.12. The summed E-state index contributed by atoms with van der Waals surface area (Å²) in [7, 11) is 0. The Morgan fingerprint density at radius 1 is 0.247 bits per heavy atom. The fraction of sp³-hybridized carbons (Fsp3) is 0.507. The fourth-order valence-electron chi connectivity index (χ4n) is 7.67. The van der Waals surface area contributed by atoms with Gasteiger partial charge in [0.1, 0.15) is 13.2 Å². The van der Waals surface area contributed by atoms with E-state index in [0.29, 0.717) is 19.3 Å². The fourth-order valence-corrected chi connectivity index (χ4v) is 7.67. The van der Waals surface area contributed by atoms with Gasteiger partial charge in [-0.3, -0.25) is 14.4 Å². The minimum absolute atomic E-state index is 0.133. The molecule has 0 N–H and O–H groups in total.